The number of nitrogens with zero attached hydrogens (tertiary/aromatic N) is 3. The fourth-order valence-corrected chi connectivity index (χ4v) is 3.68. The zero-order chi connectivity index (χ0) is 19.8. The Hall–Kier alpha value is -2.69. The molecule has 0 aliphatic heterocycles. The Kier molecular flexibility index (Phi) is 4.92. The van der Waals surface area contributed by atoms with Gasteiger partial charge in [0.05, 0.1) is 23.2 Å². The maximum absolute atomic E-state index is 13.4. The number of aromatic nitrogens is 3. The van der Waals surface area contributed by atoms with Gasteiger partial charge in [0.2, 0.25) is 0 Å². The van der Waals surface area contributed by atoms with E-state index in [2.05, 4.69) is 50.2 Å². The average Bonchev–Trinajstić information content (AvgIpc) is 3.43. The van der Waals surface area contributed by atoms with Crippen molar-refractivity contribution < 1.29 is 4.79 Å². The third-order valence-corrected chi connectivity index (χ3v) is 5.45. The molecule has 1 N–H and O–H groups in total. The second-order valence-corrected chi connectivity index (χ2v) is 8.37. The molecule has 28 heavy (non-hydrogen) atoms. The Morgan fingerprint density at radius 1 is 1.14 bits per heavy atom. The fraction of sp³-hybridized carbons (Fsp3) is 0.435. The summed E-state index contributed by atoms with van der Waals surface area (Å²) in [6, 6.07) is 12.5. The van der Waals surface area contributed by atoms with Gasteiger partial charge in [0.15, 0.2) is 5.65 Å². The van der Waals surface area contributed by atoms with Crippen LogP contribution >= 0.6 is 0 Å². The Labute approximate surface area is 166 Å². The van der Waals surface area contributed by atoms with Gasteiger partial charge in [-0.15, -0.1) is 0 Å². The molecule has 1 atom stereocenters. The summed E-state index contributed by atoms with van der Waals surface area (Å²) in [6.07, 6.45) is 4.10. The van der Waals surface area contributed by atoms with Crippen LogP contribution in [0, 0.1) is 5.92 Å². The lowest BCUT2D eigenvalue weighted by atomic mass is 10.0. The minimum absolute atomic E-state index is 0.0432. The smallest absolute Gasteiger partial charge is 0.252 e. The number of benzene rings is 1. The molecule has 5 heteroatoms. The molecule has 5 nitrogen and oxygen atoms in total. The largest absolute Gasteiger partial charge is 0.345 e. The fourth-order valence-electron chi connectivity index (χ4n) is 3.68. The maximum atomic E-state index is 13.4. The normalized spacial score (nSPS) is 15.4. The van der Waals surface area contributed by atoms with Gasteiger partial charge < -0.3 is 5.32 Å². The van der Waals surface area contributed by atoms with Crippen molar-refractivity contribution in [2.45, 2.75) is 58.5 Å². The first-order valence-electron chi connectivity index (χ1n) is 10.2. The molecule has 0 radical (unpaired) electrons. The Morgan fingerprint density at radius 2 is 1.86 bits per heavy atom. The van der Waals surface area contributed by atoms with Crippen molar-refractivity contribution in [2.75, 3.05) is 0 Å². The van der Waals surface area contributed by atoms with Crippen LogP contribution in [0.3, 0.4) is 0 Å². The number of carbonyl (C=O) groups is 1. The molecule has 2 aromatic heterocycles. The van der Waals surface area contributed by atoms with Gasteiger partial charge in [-0.2, -0.15) is 5.10 Å². The minimum Gasteiger partial charge on any atom is -0.345 e. The molecule has 1 aliphatic rings. The summed E-state index contributed by atoms with van der Waals surface area (Å²) < 4.78 is 1.90. The highest BCUT2D eigenvalue weighted by Crippen LogP contribution is 2.41. The predicted molar refractivity (Wildman–Crippen MR) is 111 cm³/mol. The van der Waals surface area contributed by atoms with E-state index >= 15 is 0 Å². The van der Waals surface area contributed by atoms with Crippen LogP contribution in [0.5, 0.6) is 0 Å². The van der Waals surface area contributed by atoms with E-state index in [1.165, 1.54) is 5.56 Å². The highest BCUT2D eigenvalue weighted by molar-refractivity contribution is 6.05. The average molecular weight is 377 g/mol. The number of hydrogen-bond donors (Lipinski definition) is 1. The first-order valence-corrected chi connectivity index (χ1v) is 10.2. The Balaban J connectivity index is 1.74. The molecular formula is C23H28N4O. The lowest BCUT2D eigenvalue weighted by Gasteiger charge is -2.20. The van der Waals surface area contributed by atoms with Crippen LogP contribution in [0.2, 0.25) is 0 Å². The number of pyridine rings is 1. The monoisotopic (exact) mass is 376 g/mol. The molecule has 1 aromatic carbocycles. The molecule has 1 saturated carbocycles. The van der Waals surface area contributed by atoms with Crippen LogP contribution in [-0.2, 0) is 0 Å². The SMILES string of the molecule is CC(C)c1cc(C(=O)N[C@@H](c2ccccc2)C2CC2)c2cnn(C(C)C)c2n1. The molecular weight excluding hydrogens is 348 g/mol. The van der Waals surface area contributed by atoms with Crippen LogP contribution in [0.15, 0.2) is 42.6 Å². The second kappa shape index (κ2) is 7.38. The van der Waals surface area contributed by atoms with Crippen molar-refractivity contribution in [3.05, 3.63) is 59.4 Å². The van der Waals surface area contributed by atoms with Crippen molar-refractivity contribution in [3.8, 4) is 0 Å². The lowest BCUT2D eigenvalue weighted by Crippen LogP contribution is -2.30. The molecule has 1 fully saturated rings. The van der Waals surface area contributed by atoms with Crippen LogP contribution in [0.1, 0.15) is 80.2 Å². The van der Waals surface area contributed by atoms with Crippen LogP contribution in [0.4, 0.5) is 0 Å². The Bertz CT molecular complexity index is 987. The molecule has 0 bridgehead atoms. The van der Waals surface area contributed by atoms with E-state index in [1.807, 2.05) is 28.9 Å². The van der Waals surface area contributed by atoms with Crippen molar-refractivity contribution in [2.24, 2.45) is 5.92 Å². The third kappa shape index (κ3) is 3.53. The van der Waals surface area contributed by atoms with E-state index in [-0.39, 0.29) is 23.9 Å². The van der Waals surface area contributed by atoms with Crippen LogP contribution in [-0.4, -0.2) is 20.7 Å². The minimum atomic E-state index is -0.0432. The summed E-state index contributed by atoms with van der Waals surface area (Å²) >= 11 is 0. The van der Waals surface area contributed by atoms with Gasteiger partial charge in [0.1, 0.15) is 0 Å². The van der Waals surface area contributed by atoms with Gasteiger partial charge in [-0.3, -0.25) is 4.79 Å². The third-order valence-electron chi connectivity index (χ3n) is 5.45. The van der Waals surface area contributed by atoms with Crippen LogP contribution in [0.25, 0.3) is 11.0 Å². The zero-order valence-electron chi connectivity index (χ0n) is 17.0. The van der Waals surface area contributed by atoms with E-state index in [0.29, 0.717) is 11.5 Å². The van der Waals surface area contributed by atoms with Gasteiger partial charge in [-0.25, -0.2) is 9.67 Å². The summed E-state index contributed by atoms with van der Waals surface area (Å²) in [5.74, 6) is 0.713. The van der Waals surface area contributed by atoms with Gasteiger partial charge >= 0.3 is 0 Å². The highest BCUT2D eigenvalue weighted by Gasteiger charge is 2.34. The van der Waals surface area contributed by atoms with Gasteiger partial charge in [0, 0.05) is 11.7 Å². The lowest BCUT2D eigenvalue weighted by molar-refractivity contribution is 0.0933. The quantitative estimate of drug-likeness (QED) is 0.657. The molecule has 4 rings (SSSR count). The molecule has 0 spiro atoms. The Morgan fingerprint density at radius 3 is 2.46 bits per heavy atom. The predicted octanol–water partition coefficient (Wildman–Crippen LogP) is 5.02. The number of rotatable bonds is 6. The number of fused-ring (bicyclic) bond motifs is 1. The van der Waals surface area contributed by atoms with Crippen molar-refractivity contribution in [1.82, 2.24) is 20.1 Å². The van der Waals surface area contributed by atoms with Crippen molar-refractivity contribution in [3.63, 3.8) is 0 Å². The van der Waals surface area contributed by atoms with Crippen molar-refractivity contribution >= 4 is 16.9 Å². The number of carbonyl (C=O) groups excluding carboxylic acids is 1. The summed E-state index contributed by atoms with van der Waals surface area (Å²) in [7, 11) is 0. The van der Waals surface area contributed by atoms with E-state index < -0.39 is 0 Å². The second-order valence-electron chi connectivity index (χ2n) is 8.37. The van der Waals surface area contributed by atoms with E-state index in [1.54, 1.807) is 6.20 Å². The molecule has 1 amide bonds. The molecule has 2 heterocycles. The first-order chi connectivity index (χ1) is 13.5. The molecule has 0 saturated heterocycles. The summed E-state index contributed by atoms with van der Waals surface area (Å²) in [4.78, 5) is 18.2. The maximum Gasteiger partial charge on any atom is 0.252 e. The van der Waals surface area contributed by atoms with E-state index in [9.17, 15) is 4.79 Å². The topological polar surface area (TPSA) is 59.8 Å². The standard InChI is InChI=1S/C23H28N4O/c1-14(2)20-12-18(19-13-24-27(15(3)4)22(19)25-20)23(28)26-21(17-10-11-17)16-8-6-5-7-9-16/h5-9,12-15,17,21H,10-11H2,1-4H3,(H,26,28)/t21-/m0/s1. The molecule has 3 aromatic rings. The van der Waals surface area contributed by atoms with Crippen LogP contribution < -0.4 is 5.32 Å². The molecule has 1 aliphatic carbocycles. The van der Waals surface area contributed by atoms with E-state index in [0.717, 1.165) is 29.6 Å². The van der Waals surface area contributed by atoms with Gasteiger partial charge in [-0.05, 0) is 50.2 Å². The zero-order valence-corrected chi connectivity index (χ0v) is 17.0. The molecule has 146 valence electrons. The van der Waals surface area contributed by atoms with Gasteiger partial charge in [-0.1, -0.05) is 44.2 Å². The molecule has 0 unspecified atom stereocenters. The number of amides is 1. The van der Waals surface area contributed by atoms with Gasteiger partial charge in [0.25, 0.3) is 5.91 Å². The summed E-state index contributed by atoms with van der Waals surface area (Å²) in [5, 5.41) is 8.62. The highest BCUT2D eigenvalue weighted by atomic mass is 16.1. The first kappa shape index (κ1) is 18.7. The summed E-state index contributed by atoms with van der Waals surface area (Å²) in [6.45, 7) is 8.36. The number of nitrogens with one attached hydrogen (secondary N) is 1. The summed E-state index contributed by atoms with van der Waals surface area (Å²) in [5.41, 5.74) is 3.55. The van der Waals surface area contributed by atoms with E-state index in [4.69, 9.17) is 4.98 Å². The van der Waals surface area contributed by atoms with Crippen molar-refractivity contribution in [1.29, 1.82) is 0 Å². The number of hydrogen-bond acceptors (Lipinski definition) is 3.